The van der Waals surface area contributed by atoms with Crippen molar-refractivity contribution in [1.29, 1.82) is 0 Å². The molecule has 0 aliphatic rings. The van der Waals surface area contributed by atoms with E-state index in [1.165, 1.54) is 6.07 Å². The minimum atomic E-state index is -4.36. The molecule has 0 aliphatic carbocycles. The average molecular weight is 270 g/mol. The van der Waals surface area contributed by atoms with Gasteiger partial charge in [-0.25, -0.2) is 0 Å². The fraction of sp³-hybridized carbons (Fsp3) is 0.333. The number of hydrogen-bond donors (Lipinski definition) is 1. The number of alkyl halides is 3. The van der Waals surface area contributed by atoms with Crippen molar-refractivity contribution < 1.29 is 13.2 Å². The molecule has 0 saturated heterocycles. The van der Waals surface area contributed by atoms with E-state index in [1.807, 2.05) is 6.92 Å². The number of halogens is 3. The van der Waals surface area contributed by atoms with Crippen LogP contribution in [0.2, 0.25) is 0 Å². The van der Waals surface area contributed by atoms with E-state index in [4.69, 9.17) is 0 Å². The molecule has 7 heteroatoms. The van der Waals surface area contributed by atoms with Gasteiger partial charge in [0.1, 0.15) is 0 Å². The summed E-state index contributed by atoms with van der Waals surface area (Å²) in [6, 6.07) is 2.20. The monoisotopic (exact) mass is 270 g/mol. The molecule has 0 aliphatic heterocycles. The lowest BCUT2D eigenvalue weighted by Crippen LogP contribution is -2.10. The first-order chi connectivity index (χ1) is 8.86. The Morgan fingerprint density at radius 3 is 2.47 bits per heavy atom. The molecule has 1 N–H and O–H groups in total. The van der Waals surface area contributed by atoms with Gasteiger partial charge < -0.3 is 5.32 Å². The number of hydrogen-bond acceptors (Lipinski definition) is 3. The molecule has 2 heterocycles. The molecule has 0 spiro atoms. The zero-order valence-electron chi connectivity index (χ0n) is 10.4. The second-order valence-corrected chi connectivity index (χ2v) is 4.24. The molecule has 0 amide bonds. The van der Waals surface area contributed by atoms with E-state index in [0.717, 1.165) is 18.0 Å². The van der Waals surface area contributed by atoms with Crippen LogP contribution in [-0.4, -0.2) is 14.8 Å². The van der Waals surface area contributed by atoms with Gasteiger partial charge in [-0.3, -0.25) is 9.67 Å². The van der Waals surface area contributed by atoms with E-state index in [9.17, 15) is 13.2 Å². The van der Waals surface area contributed by atoms with Crippen LogP contribution in [0.15, 0.2) is 30.7 Å². The Bertz CT molecular complexity index is 545. The van der Waals surface area contributed by atoms with Crippen LogP contribution >= 0.6 is 0 Å². The number of anilines is 1. The van der Waals surface area contributed by atoms with Crippen molar-refractivity contribution in [2.45, 2.75) is 19.1 Å². The van der Waals surface area contributed by atoms with Crippen LogP contribution in [0.1, 0.15) is 24.2 Å². The Hall–Kier alpha value is -2.05. The fourth-order valence-electron chi connectivity index (χ4n) is 1.65. The molecule has 2 aromatic rings. The van der Waals surface area contributed by atoms with E-state index in [2.05, 4.69) is 15.4 Å². The minimum Gasteiger partial charge on any atom is -0.374 e. The summed E-state index contributed by atoms with van der Waals surface area (Å²) in [4.78, 5) is 3.84. The lowest BCUT2D eigenvalue weighted by Gasteiger charge is -2.14. The molecule has 102 valence electrons. The first-order valence-electron chi connectivity index (χ1n) is 5.64. The molecule has 1 unspecified atom stereocenters. The molecule has 2 rings (SSSR count). The van der Waals surface area contributed by atoms with E-state index in [1.54, 1.807) is 24.1 Å². The van der Waals surface area contributed by atoms with E-state index in [-0.39, 0.29) is 6.04 Å². The molecule has 0 radical (unpaired) electrons. The topological polar surface area (TPSA) is 42.7 Å². The summed E-state index contributed by atoms with van der Waals surface area (Å²) in [5.74, 6) is 0. The van der Waals surface area contributed by atoms with Crippen molar-refractivity contribution in [1.82, 2.24) is 14.8 Å². The van der Waals surface area contributed by atoms with Crippen molar-refractivity contribution in [3.05, 3.63) is 42.0 Å². The van der Waals surface area contributed by atoms with Gasteiger partial charge in [-0.1, -0.05) is 0 Å². The van der Waals surface area contributed by atoms with Gasteiger partial charge in [0.2, 0.25) is 0 Å². The van der Waals surface area contributed by atoms with Gasteiger partial charge >= 0.3 is 6.18 Å². The molecule has 0 fully saturated rings. The van der Waals surface area contributed by atoms with E-state index >= 15 is 0 Å². The zero-order valence-corrected chi connectivity index (χ0v) is 10.4. The fourth-order valence-corrected chi connectivity index (χ4v) is 1.65. The minimum absolute atomic E-state index is 0.202. The molecule has 4 nitrogen and oxygen atoms in total. The first kappa shape index (κ1) is 13.4. The van der Waals surface area contributed by atoms with Gasteiger partial charge in [-0.15, -0.1) is 0 Å². The normalized spacial score (nSPS) is 13.3. The van der Waals surface area contributed by atoms with Crippen LogP contribution in [0.25, 0.3) is 0 Å². The maximum Gasteiger partial charge on any atom is 0.417 e. The van der Waals surface area contributed by atoms with E-state index in [0.29, 0.717) is 5.69 Å². The third-order valence-electron chi connectivity index (χ3n) is 2.65. The molecule has 0 bridgehead atoms. The first-order valence-corrected chi connectivity index (χ1v) is 5.64. The Balaban J connectivity index is 2.09. The van der Waals surface area contributed by atoms with Crippen molar-refractivity contribution in [2.24, 2.45) is 7.05 Å². The van der Waals surface area contributed by atoms with Crippen molar-refractivity contribution >= 4 is 5.69 Å². The Kier molecular flexibility index (Phi) is 3.46. The predicted octanol–water partition coefficient (Wildman–Crippen LogP) is 3.01. The standard InChI is InChI=1S/C12H13F3N4/c1-8(18-10-6-17-19(2)7-10)11-4-3-9(5-16-11)12(13,14)15/h3-8,18H,1-2H3. The Labute approximate surface area is 108 Å². The number of aromatic nitrogens is 3. The summed E-state index contributed by atoms with van der Waals surface area (Å²) in [6.07, 6.45) is -0.0938. The Morgan fingerprint density at radius 2 is 2.00 bits per heavy atom. The van der Waals surface area contributed by atoms with Crippen LogP contribution in [0, 0.1) is 0 Å². The molecular weight excluding hydrogens is 257 g/mol. The molecule has 19 heavy (non-hydrogen) atoms. The smallest absolute Gasteiger partial charge is 0.374 e. The maximum atomic E-state index is 12.4. The van der Waals surface area contributed by atoms with Crippen molar-refractivity contribution in [3.8, 4) is 0 Å². The third kappa shape index (κ3) is 3.24. The highest BCUT2D eigenvalue weighted by Crippen LogP contribution is 2.29. The number of nitrogens with one attached hydrogen (secondary N) is 1. The SMILES string of the molecule is CC(Nc1cnn(C)c1)c1ccc(C(F)(F)F)cn1. The second-order valence-electron chi connectivity index (χ2n) is 4.24. The molecule has 0 aromatic carbocycles. The highest BCUT2D eigenvalue weighted by Gasteiger charge is 2.30. The summed E-state index contributed by atoms with van der Waals surface area (Å²) < 4.78 is 38.8. The maximum absolute atomic E-state index is 12.4. The largest absolute Gasteiger partial charge is 0.417 e. The predicted molar refractivity (Wildman–Crippen MR) is 64.5 cm³/mol. The van der Waals surface area contributed by atoms with Gasteiger partial charge in [0.05, 0.1) is 29.2 Å². The van der Waals surface area contributed by atoms with Gasteiger partial charge in [-0.2, -0.15) is 18.3 Å². The lowest BCUT2D eigenvalue weighted by atomic mass is 10.2. The third-order valence-corrected chi connectivity index (χ3v) is 2.65. The van der Waals surface area contributed by atoms with Crippen molar-refractivity contribution in [2.75, 3.05) is 5.32 Å². The Morgan fingerprint density at radius 1 is 1.26 bits per heavy atom. The van der Waals surface area contributed by atoms with Gasteiger partial charge in [0.25, 0.3) is 0 Å². The molecular formula is C12H13F3N4. The van der Waals surface area contributed by atoms with Gasteiger partial charge in [-0.05, 0) is 19.1 Å². The average Bonchev–Trinajstić information content (AvgIpc) is 2.74. The number of aryl methyl sites for hydroxylation is 1. The second kappa shape index (κ2) is 4.91. The van der Waals surface area contributed by atoms with Crippen LogP contribution in [0.4, 0.5) is 18.9 Å². The van der Waals surface area contributed by atoms with Gasteiger partial charge in [0, 0.05) is 19.4 Å². The van der Waals surface area contributed by atoms with Crippen LogP contribution in [0.3, 0.4) is 0 Å². The van der Waals surface area contributed by atoms with Crippen LogP contribution in [0.5, 0.6) is 0 Å². The van der Waals surface area contributed by atoms with Crippen LogP contribution in [-0.2, 0) is 13.2 Å². The number of rotatable bonds is 3. The van der Waals surface area contributed by atoms with Crippen LogP contribution < -0.4 is 5.32 Å². The summed E-state index contributed by atoms with van der Waals surface area (Å²) in [5, 5.41) is 7.10. The highest BCUT2D eigenvalue weighted by molar-refractivity contribution is 5.40. The highest BCUT2D eigenvalue weighted by atomic mass is 19.4. The summed E-state index contributed by atoms with van der Waals surface area (Å²) in [7, 11) is 1.78. The lowest BCUT2D eigenvalue weighted by molar-refractivity contribution is -0.137. The zero-order chi connectivity index (χ0) is 14.0. The van der Waals surface area contributed by atoms with E-state index < -0.39 is 11.7 Å². The quantitative estimate of drug-likeness (QED) is 0.932. The summed E-state index contributed by atoms with van der Waals surface area (Å²) >= 11 is 0. The summed E-state index contributed by atoms with van der Waals surface area (Å²) in [5.41, 5.74) is 0.582. The molecule has 0 saturated carbocycles. The molecule has 1 atom stereocenters. The summed E-state index contributed by atoms with van der Waals surface area (Å²) in [6.45, 7) is 1.82. The van der Waals surface area contributed by atoms with Crippen molar-refractivity contribution in [3.63, 3.8) is 0 Å². The number of nitrogens with zero attached hydrogens (tertiary/aromatic N) is 3. The van der Waals surface area contributed by atoms with Gasteiger partial charge in [0.15, 0.2) is 0 Å². The molecule has 2 aromatic heterocycles. The number of pyridine rings is 1.